The number of anilines is 2. The van der Waals surface area contributed by atoms with Gasteiger partial charge in [0.05, 0.1) is 23.8 Å². The first-order valence-corrected chi connectivity index (χ1v) is 10.9. The standard InChI is InChI=1S/C23H26N6O2/c1-15-11-28(20-5-7-25-21-19(20)10-26-27(21)2)12-16-3-4-17(9-18(15)16)29-14-23(31-22(29)30)6-8-24-13-23/h3-5,7,9-10,15,24H,6,8,11-14H2,1-2H3/t15-,23?/m0/s1. The first-order valence-electron chi connectivity index (χ1n) is 10.9. The summed E-state index contributed by atoms with van der Waals surface area (Å²) in [5.41, 5.74) is 5.23. The highest BCUT2D eigenvalue weighted by atomic mass is 16.6. The van der Waals surface area contributed by atoms with Crippen molar-refractivity contribution in [3.63, 3.8) is 0 Å². The maximum absolute atomic E-state index is 12.6. The van der Waals surface area contributed by atoms with Crippen LogP contribution in [0.4, 0.5) is 16.2 Å². The highest BCUT2D eigenvalue weighted by molar-refractivity contribution is 5.91. The number of nitrogens with zero attached hydrogens (tertiary/aromatic N) is 5. The summed E-state index contributed by atoms with van der Waals surface area (Å²) < 4.78 is 7.58. The lowest BCUT2D eigenvalue weighted by atomic mass is 9.90. The molecule has 1 aromatic carbocycles. The number of ether oxygens (including phenoxy) is 1. The summed E-state index contributed by atoms with van der Waals surface area (Å²) in [5, 5.41) is 8.78. The SMILES string of the molecule is C[C@H]1CN(c2ccnc3c2cnn3C)Cc2ccc(N3CC4(CCNC4)OC3=O)cc21. The van der Waals surface area contributed by atoms with Gasteiger partial charge in [-0.3, -0.25) is 9.58 Å². The Kier molecular flexibility index (Phi) is 4.02. The summed E-state index contributed by atoms with van der Waals surface area (Å²) in [6.07, 6.45) is 4.40. The molecule has 160 valence electrons. The van der Waals surface area contributed by atoms with E-state index >= 15 is 0 Å². The van der Waals surface area contributed by atoms with Gasteiger partial charge < -0.3 is 15.0 Å². The molecular formula is C23H26N6O2. The number of aryl methyl sites for hydroxylation is 1. The molecular weight excluding hydrogens is 392 g/mol. The van der Waals surface area contributed by atoms with E-state index in [0.29, 0.717) is 12.5 Å². The van der Waals surface area contributed by atoms with Crippen LogP contribution in [0.5, 0.6) is 0 Å². The van der Waals surface area contributed by atoms with E-state index in [1.54, 1.807) is 4.90 Å². The summed E-state index contributed by atoms with van der Waals surface area (Å²) in [6.45, 7) is 6.24. The second-order valence-corrected chi connectivity index (χ2v) is 9.06. The van der Waals surface area contributed by atoms with E-state index < -0.39 is 0 Å². The highest BCUT2D eigenvalue weighted by Crippen LogP contribution is 2.38. The lowest BCUT2D eigenvalue weighted by Crippen LogP contribution is -2.37. The first kappa shape index (κ1) is 18.6. The van der Waals surface area contributed by atoms with Crippen molar-refractivity contribution < 1.29 is 9.53 Å². The number of benzene rings is 1. The number of nitrogens with one attached hydrogen (secondary N) is 1. The molecule has 0 aliphatic carbocycles. The van der Waals surface area contributed by atoms with Crippen LogP contribution < -0.4 is 15.1 Å². The summed E-state index contributed by atoms with van der Waals surface area (Å²) in [7, 11) is 1.92. The molecule has 1 N–H and O–H groups in total. The molecule has 8 nitrogen and oxygen atoms in total. The van der Waals surface area contributed by atoms with Crippen LogP contribution in [-0.4, -0.2) is 52.6 Å². The number of aromatic nitrogens is 3. The quantitative estimate of drug-likeness (QED) is 0.690. The Bertz CT molecular complexity index is 1180. The number of rotatable bonds is 2. The molecule has 1 amide bonds. The fraction of sp³-hybridized carbons (Fsp3) is 0.435. The average Bonchev–Trinajstić information content (AvgIpc) is 3.47. The molecule has 3 aliphatic heterocycles. The molecule has 31 heavy (non-hydrogen) atoms. The molecule has 0 saturated carbocycles. The minimum atomic E-state index is -0.369. The Balaban J connectivity index is 1.30. The largest absolute Gasteiger partial charge is 0.439 e. The van der Waals surface area contributed by atoms with E-state index in [1.165, 1.54) is 16.8 Å². The third-order valence-corrected chi connectivity index (χ3v) is 6.96. The van der Waals surface area contributed by atoms with Crippen molar-refractivity contribution in [1.29, 1.82) is 0 Å². The van der Waals surface area contributed by atoms with Gasteiger partial charge in [0.1, 0.15) is 5.60 Å². The van der Waals surface area contributed by atoms with Crippen LogP contribution in [0.15, 0.2) is 36.7 Å². The zero-order valence-corrected chi connectivity index (χ0v) is 17.8. The normalized spacial score (nSPS) is 25.5. The van der Waals surface area contributed by atoms with Gasteiger partial charge in [-0.05, 0) is 41.8 Å². The van der Waals surface area contributed by atoms with Gasteiger partial charge in [0, 0.05) is 45.0 Å². The van der Waals surface area contributed by atoms with Crippen LogP contribution in [-0.2, 0) is 18.3 Å². The van der Waals surface area contributed by atoms with Gasteiger partial charge in [-0.2, -0.15) is 5.10 Å². The maximum atomic E-state index is 12.6. The van der Waals surface area contributed by atoms with Crippen LogP contribution >= 0.6 is 0 Å². The molecule has 8 heteroatoms. The zero-order valence-electron chi connectivity index (χ0n) is 17.8. The minimum Gasteiger partial charge on any atom is -0.439 e. The molecule has 3 aromatic rings. The van der Waals surface area contributed by atoms with Crippen molar-refractivity contribution in [2.24, 2.45) is 7.05 Å². The molecule has 2 fully saturated rings. The summed E-state index contributed by atoms with van der Waals surface area (Å²) in [4.78, 5) is 21.3. The molecule has 5 heterocycles. The first-order chi connectivity index (χ1) is 15.0. The molecule has 1 spiro atoms. The number of fused-ring (bicyclic) bond motifs is 2. The lowest BCUT2D eigenvalue weighted by molar-refractivity contribution is 0.0733. The van der Waals surface area contributed by atoms with Crippen molar-refractivity contribution in [3.8, 4) is 0 Å². The van der Waals surface area contributed by atoms with Crippen LogP contribution in [0, 0.1) is 0 Å². The summed E-state index contributed by atoms with van der Waals surface area (Å²) in [6, 6.07) is 8.49. The third-order valence-electron chi connectivity index (χ3n) is 6.96. The maximum Gasteiger partial charge on any atom is 0.415 e. The number of carbonyl (C=O) groups is 1. The molecule has 0 bridgehead atoms. The highest BCUT2D eigenvalue weighted by Gasteiger charge is 2.47. The number of amides is 1. The molecule has 3 aliphatic rings. The molecule has 2 aromatic heterocycles. The van der Waals surface area contributed by atoms with Gasteiger partial charge in [0.25, 0.3) is 0 Å². The van der Waals surface area contributed by atoms with Crippen molar-refractivity contribution in [3.05, 3.63) is 47.8 Å². The van der Waals surface area contributed by atoms with Gasteiger partial charge in [-0.25, -0.2) is 9.78 Å². The molecule has 6 rings (SSSR count). The van der Waals surface area contributed by atoms with Gasteiger partial charge >= 0.3 is 6.09 Å². The van der Waals surface area contributed by atoms with E-state index in [2.05, 4.69) is 51.5 Å². The fourth-order valence-corrected chi connectivity index (χ4v) is 5.31. The van der Waals surface area contributed by atoms with E-state index in [9.17, 15) is 4.79 Å². The minimum absolute atomic E-state index is 0.232. The van der Waals surface area contributed by atoms with Crippen LogP contribution in [0.1, 0.15) is 30.4 Å². The van der Waals surface area contributed by atoms with Crippen molar-refractivity contribution in [1.82, 2.24) is 20.1 Å². The smallest absolute Gasteiger partial charge is 0.415 e. The third kappa shape index (κ3) is 2.89. The number of hydrogen-bond acceptors (Lipinski definition) is 6. The van der Waals surface area contributed by atoms with E-state index in [-0.39, 0.29) is 11.7 Å². The Morgan fingerprint density at radius 1 is 1.29 bits per heavy atom. The zero-order chi connectivity index (χ0) is 21.2. The molecule has 2 saturated heterocycles. The van der Waals surface area contributed by atoms with E-state index in [1.807, 2.05) is 24.1 Å². The number of hydrogen-bond donors (Lipinski definition) is 1. The van der Waals surface area contributed by atoms with E-state index in [0.717, 1.165) is 49.3 Å². The second-order valence-electron chi connectivity index (χ2n) is 9.06. The van der Waals surface area contributed by atoms with Crippen molar-refractivity contribution in [2.45, 2.75) is 31.4 Å². The Labute approximate surface area is 180 Å². The number of pyridine rings is 1. The van der Waals surface area contributed by atoms with Crippen LogP contribution in [0.3, 0.4) is 0 Å². The molecule has 2 atom stereocenters. The lowest BCUT2D eigenvalue weighted by Gasteiger charge is -2.35. The van der Waals surface area contributed by atoms with Crippen LogP contribution in [0.25, 0.3) is 11.0 Å². The Morgan fingerprint density at radius 2 is 2.19 bits per heavy atom. The molecule has 0 radical (unpaired) electrons. The topological polar surface area (TPSA) is 75.5 Å². The van der Waals surface area contributed by atoms with Gasteiger partial charge in [0.15, 0.2) is 5.65 Å². The van der Waals surface area contributed by atoms with Crippen LogP contribution in [0.2, 0.25) is 0 Å². The van der Waals surface area contributed by atoms with Gasteiger partial charge in [-0.15, -0.1) is 0 Å². The van der Waals surface area contributed by atoms with Crippen molar-refractivity contribution in [2.75, 3.05) is 36.0 Å². The average molecular weight is 419 g/mol. The molecule has 1 unspecified atom stereocenters. The second kappa shape index (κ2) is 6.68. The summed E-state index contributed by atoms with van der Waals surface area (Å²) >= 11 is 0. The summed E-state index contributed by atoms with van der Waals surface area (Å²) in [5.74, 6) is 0.337. The monoisotopic (exact) mass is 418 g/mol. The van der Waals surface area contributed by atoms with Crippen molar-refractivity contribution >= 4 is 28.5 Å². The Hall–Kier alpha value is -3.13. The van der Waals surface area contributed by atoms with Gasteiger partial charge in [0.2, 0.25) is 0 Å². The fourth-order valence-electron chi connectivity index (χ4n) is 5.31. The predicted molar refractivity (Wildman–Crippen MR) is 118 cm³/mol. The van der Waals surface area contributed by atoms with Gasteiger partial charge in [-0.1, -0.05) is 13.0 Å². The Morgan fingerprint density at radius 3 is 3.03 bits per heavy atom. The van der Waals surface area contributed by atoms with E-state index in [4.69, 9.17) is 4.74 Å². The predicted octanol–water partition coefficient (Wildman–Crippen LogP) is 2.78. The number of carbonyl (C=O) groups excluding carboxylic acids is 1.